The van der Waals surface area contributed by atoms with Crippen LogP contribution in [0.25, 0.3) is 0 Å². The molecule has 0 aromatic rings. The summed E-state index contributed by atoms with van der Waals surface area (Å²) in [5.41, 5.74) is 0. The van der Waals surface area contributed by atoms with E-state index in [1.807, 2.05) is 0 Å². The summed E-state index contributed by atoms with van der Waals surface area (Å²) < 4.78 is 24.2. The van der Waals surface area contributed by atoms with E-state index in [-0.39, 0.29) is 19.7 Å². The number of rotatable bonds is 5. The van der Waals surface area contributed by atoms with Crippen molar-refractivity contribution in [3.8, 4) is 0 Å². The highest BCUT2D eigenvalue weighted by Gasteiger charge is 2.34. The first-order valence-electron chi connectivity index (χ1n) is 4.49. The fourth-order valence-electron chi connectivity index (χ4n) is 0.952. The predicted molar refractivity (Wildman–Crippen MR) is 57.5 cm³/mol. The van der Waals surface area contributed by atoms with E-state index in [4.69, 9.17) is 5.11 Å². The standard InChI is InChI=1S/C9H19NO3S/c1-5-6-10(7-8-11)14(12,13)9(2,3)4/h5,11H,1,6-8H2,2-4H3. The van der Waals surface area contributed by atoms with Crippen molar-refractivity contribution in [2.75, 3.05) is 19.7 Å². The minimum atomic E-state index is -3.36. The Kier molecular flexibility index (Phi) is 4.77. The van der Waals surface area contributed by atoms with Crippen LogP contribution in [0, 0.1) is 0 Å². The molecule has 0 spiro atoms. The molecule has 14 heavy (non-hydrogen) atoms. The Morgan fingerprint density at radius 1 is 1.43 bits per heavy atom. The van der Waals surface area contributed by atoms with Crippen molar-refractivity contribution >= 4 is 10.0 Å². The van der Waals surface area contributed by atoms with E-state index in [0.29, 0.717) is 0 Å². The summed E-state index contributed by atoms with van der Waals surface area (Å²) in [6.07, 6.45) is 1.51. The normalized spacial score (nSPS) is 13.2. The van der Waals surface area contributed by atoms with Gasteiger partial charge in [-0.3, -0.25) is 0 Å². The van der Waals surface area contributed by atoms with E-state index in [1.165, 1.54) is 10.4 Å². The van der Waals surface area contributed by atoms with Gasteiger partial charge >= 0.3 is 0 Å². The van der Waals surface area contributed by atoms with Crippen LogP contribution in [0.15, 0.2) is 12.7 Å². The summed E-state index contributed by atoms with van der Waals surface area (Å²) >= 11 is 0. The zero-order valence-electron chi connectivity index (χ0n) is 9.02. The van der Waals surface area contributed by atoms with Gasteiger partial charge in [-0.25, -0.2) is 8.42 Å². The van der Waals surface area contributed by atoms with Crippen molar-refractivity contribution in [2.24, 2.45) is 0 Å². The molecule has 0 heterocycles. The van der Waals surface area contributed by atoms with Gasteiger partial charge in [-0.15, -0.1) is 6.58 Å². The highest BCUT2D eigenvalue weighted by Crippen LogP contribution is 2.19. The van der Waals surface area contributed by atoms with Gasteiger partial charge in [0, 0.05) is 13.1 Å². The number of nitrogens with zero attached hydrogens (tertiary/aromatic N) is 1. The van der Waals surface area contributed by atoms with Crippen molar-refractivity contribution in [2.45, 2.75) is 25.5 Å². The molecule has 0 aromatic heterocycles. The molecule has 0 unspecified atom stereocenters. The summed E-state index contributed by atoms with van der Waals surface area (Å²) in [6.45, 7) is 8.57. The van der Waals surface area contributed by atoms with Crippen LogP contribution in [-0.2, 0) is 10.0 Å². The van der Waals surface area contributed by atoms with Crippen LogP contribution < -0.4 is 0 Å². The zero-order valence-corrected chi connectivity index (χ0v) is 9.84. The molecule has 0 fully saturated rings. The first kappa shape index (κ1) is 13.6. The van der Waals surface area contributed by atoms with E-state index in [2.05, 4.69) is 6.58 Å². The molecule has 0 aromatic carbocycles. The van der Waals surface area contributed by atoms with Gasteiger partial charge < -0.3 is 5.11 Å². The zero-order chi connectivity index (χ0) is 11.4. The Labute approximate surface area is 86.3 Å². The van der Waals surface area contributed by atoms with Gasteiger partial charge in [0.15, 0.2) is 0 Å². The van der Waals surface area contributed by atoms with Crippen LogP contribution in [0.4, 0.5) is 0 Å². The van der Waals surface area contributed by atoms with Gasteiger partial charge in [0.1, 0.15) is 0 Å². The van der Waals surface area contributed by atoms with E-state index in [1.54, 1.807) is 20.8 Å². The Morgan fingerprint density at radius 2 is 1.93 bits per heavy atom. The van der Waals surface area contributed by atoms with Crippen molar-refractivity contribution in [1.82, 2.24) is 4.31 Å². The highest BCUT2D eigenvalue weighted by molar-refractivity contribution is 7.90. The lowest BCUT2D eigenvalue weighted by atomic mass is 10.3. The number of hydrogen-bond acceptors (Lipinski definition) is 3. The molecular weight excluding hydrogens is 202 g/mol. The van der Waals surface area contributed by atoms with Gasteiger partial charge in [0.2, 0.25) is 10.0 Å². The summed E-state index contributed by atoms with van der Waals surface area (Å²) in [5, 5.41) is 8.75. The lowest BCUT2D eigenvalue weighted by Gasteiger charge is -2.28. The Balaban J connectivity index is 4.90. The number of hydrogen-bond donors (Lipinski definition) is 1. The molecule has 0 aliphatic carbocycles. The fraction of sp³-hybridized carbons (Fsp3) is 0.778. The maximum atomic E-state index is 11.9. The number of sulfonamides is 1. The van der Waals surface area contributed by atoms with Crippen LogP contribution in [0.2, 0.25) is 0 Å². The fourth-order valence-corrected chi connectivity index (χ4v) is 2.35. The van der Waals surface area contributed by atoms with Crippen LogP contribution in [0.5, 0.6) is 0 Å². The topological polar surface area (TPSA) is 57.6 Å². The summed E-state index contributed by atoms with van der Waals surface area (Å²) in [5.74, 6) is 0. The summed E-state index contributed by atoms with van der Waals surface area (Å²) in [6, 6.07) is 0. The Morgan fingerprint density at radius 3 is 2.21 bits per heavy atom. The van der Waals surface area contributed by atoms with E-state index >= 15 is 0 Å². The molecule has 0 saturated heterocycles. The van der Waals surface area contributed by atoms with Crippen molar-refractivity contribution in [3.63, 3.8) is 0 Å². The number of aliphatic hydroxyl groups is 1. The molecule has 0 bridgehead atoms. The van der Waals surface area contributed by atoms with Gasteiger partial charge in [0.25, 0.3) is 0 Å². The van der Waals surface area contributed by atoms with Gasteiger partial charge in [-0.1, -0.05) is 6.08 Å². The molecule has 0 saturated carbocycles. The van der Waals surface area contributed by atoms with Gasteiger partial charge in [-0.05, 0) is 20.8 Å². The van der Waals surface area contributed by atoms with Gasteiger partial charge in [0.05, 0.1) is 11.4 Å². The maximum Gasteiger partial charge on any atom is 0.219 e. The second kappa shape index (κ2) is 4.91. The lowest BCUT2D eigenvalue weighted by Crippen LogP contribution is -2.44. The lowest BCUT2D eigenvalue weighted by molar-refractivity contribution is 0.258. The van der Waals surface area contributed by atoms with Crippen molar-refractivity contribution < 1.29 is 13.5 Å². The van der Waals surface area contributed by atoms with Crippen molar-refractivity contribution in [3.05, 3.63) is 12.7 Å². The number of aliphatic hydroxyl groups excluding tert-OH is 1. The largest absolute Gasteiger partial charge is 0.395 e. The first-order chi connectivity index (χ1) is 6.27. The average Bonchev–Trinajstić information content (AvgIpc) is 2.02. The quantitative estimate of drug-likeness (QED) is 0.691. The molecule has 0 atom stereocenters. The van der Waals surface area contributed by atoms with Crippen molar-refractivity contribution in [1.29, 1.82) is 0 Å². The van der Waals surface area contributed by atoms with Crippen LogP contribution in [0.3, 0.4) is 0 Å². The Hall–Kier alpha value is -0.390. The van der Waals surface area contributed by atoms with Crippen LogP contribution in [0.1, 0.15) is 20.8 Å². The second-order valence-electron chi connectivity index (χ2n) is 3.99. The smallest absolute Gasteiger partial charge is 0.219 e. The van der Waals surface area contributed by atoms with Crippen LogP contribution in [-0.4, -0.2) is 42.3 Å². The molecule has 0 rings (SSSR count). The molecule has 0 aliphatic rings. The monoisotopic (exact) mass is 221 g/mol. The molecule has 1 N–H and O–H groups in total. The molecule has 5 heteroatoms. The van der Waals surface area contributed by atoms with E-state index in [0.717, 1.165) is 0 Å². The third kappa shape index (κ3) is 3.08. The molecule has 0 amide bonds. The second-order valence-corrected chi connectivity index (χ2v) is 6.68. The molecule has 84 valence electrons. The predicted octanol–water partition coefficient (Wildman–Crippen LogP) is 0.595. The highest BCUT2D eigenvalue weighted by atomic mass is 32.2. The molecule has 4 nitrogen and oxygen atoms in total. The van der Waals surface area contributed by atoms with E-state index in [9.17, 15) is 8.42 Å². The Bertz CT molecular complexity index is 277. The third-order valence-electron chi connectivity index (χ3n) is 1.80. The SMILES string of the molecule is C=CCN(CCO)S(=O)(=O)C(C)(C)C. The molecular formula is C9H19NO3S. The molecule has 0 aliphatic heterocycles. The van der Waals surface area contributed by atoms with E-state index < -0.39 is 14.8 Å². The molecule has 0 radical (unpaired) electrons. The summed E-state index contributed by atoms with van der Waals surface area (Å²) in [7, 11) is -3.36. The summed E-state index contributed by atoms with van der Waals surface area (Å²) in [4.78, 5) is 0. The third-order valence-corrected chi connectivity index (χ3v) is 4.36. The first-order valence-corrected chi connectivity index (χ1v) is 5.93. The van der Waals surface area contributed by atoms with Crippen LogP contribution >= 0.6 is 0 Å². The minimum absolute atomic E-state index is 0.117. The maximum absolute atomic E-state index is 11.9. The minimum Gasteiger partial charge on any atom is -0.395 e. The van der Waals surface area contributed by atoms with Gasteiger partial charge in [-0.2, -0.15) is 4.31 Å². The average molecular weight is 221 g/mol.